The minimum absolute atomic E-state index is 0.153. The van der Waals surface area contributed by atoms with Crippen LogP contribution in [0.2, 0.25) is 0 Å². The fourth-order valence-electron chi connectivity index (χ4n) is 4.86. The smallest absolute Gasteiger partial charge is 0.256 e. The first-order valence-corrected chi connectivity index (χ1v) is 10.7. The van der Waals surface area contributed by atoms with Crippen molar-refractivity contribution in [1.29, 1.82) is 0 Å². The van der Waals surface area contributed by atoms with Crippen molar-refractivity contribution < 1.29 is 9.53 Å². The SMILES string of the molecule is COc1cccc2c(C(=O)N3CCN(C)[C@H](C)C3)cn(CC3CCCCC3)c12. The lowest BCUT2D eigenvalue weighted by atomic mass is 9.89. The lowest BCUT2D eigenvalue weighted by Crippen LogP contribution is -2.52. The lowest BCUT2D eigenvalue weighted by molar-refractivity contribution is 0.0574. The number of aromatic nitrogens is 1. The fraction of sp³-hybridized carbons (Fsp3) is 0.609. The van der Waals surface area contributed by atoms with E-state index in [4.69, 9.17) is 4.74 Å². The number of carbonyl (C=O) groups is 1. The Hall–Kier alpha value is -2.01. The molecule has 28 heavy (non-hydrogen) atoms. The van der Waals surface area contributed by atoms with E-state index in [1.54, 1.807) is 7.11 Å². The Morgan fingerprint density at radius 1 is 1.18 bits per heavy atom. The number of likely N-dealkylation sites (N-methyl/N-ethyl adjacent to an activating group) is 1. The molecule has 5 nitrogen and oxygen atoms in total. The normalized spacial score (nSPS) is 22.0. The molecular weight excluding hydrogens is 350 g/mol. The van der Waals surface area contributed by atoms with Gasteiger partial charge in [-0.3, -0.25) is 4.79 Å². The van der Waals surface area contributed by atoms with Gasteiger partial charge in [0.25, 0.3) is 5.91 Å². The molecule has 1 atom stereocenters. The third-order valence-corrected chi connectivity index (χ3v) is 6.74. The van der Waals surface area contributed by atoms with Crippen LogP contribution in [0.25, 0.3) is 10.9 Å². The Morgan fingerprint density at radius 2 is 1.96 bits per heavy atom. The topological polar surface area (TPSA) is 37.7 Å². The molecule has 2 aromatic rings. The summed E-state index contributed by atoms with van der Waals surface area (Å²) >= 11 is 0. The van der Waals surface area contributed by atoms with Crippen molar-refractivity contribution in [3.05, 3.63) is 30.0 Å². The van der Waals surface area contributed by atoms with Gasteiger partial charge in [0.05, 0.1) is 18.2 Å². The highest BCUT2D eigenvalue weighted by atomic mass is 16.5. The third kappa shape index (κ3) is 3.64. The highest BCUT2D eigenvalue weighted by molar-refractivity contribution is 6.08. The summed E-state index contributed by atoms with van der Waals surface area (Å²) in [5.41, 5.74) is 1.89. The molecule has 0 radical (unpaired) electrons. The number of hydrogen-bond acceptors (Lipinski definition) is 3. The molecule has 2 fully saturated rings. The van der Waals surface area contributed by atoms with Crippen LogP contribution in [0, 0.1) is 5.92 Å². The van der Waals surface area contributed by atoms with Crippen molar-refractivity contribution >= 4 is 16.8 Å². The van der Waals surface area contributed by atoms with Crippen molar-refractivity contribution in [2.24, 2.45) is 5.92 Å². The van der Waals surface area contributed by atoms with E-state index in [2.05, 4.69) is 35.7 Å². The van der Waals surface area contributed by atoms with E-state index in [-0.39, 0.29) is 5.91 Å². The molecule has 2 heterocycles. The molecule has 4 rings (SSSR count). The summed E-state index contributed by atoms with van der Waals surface area (Å²) in [6.07, 6.45) is 8.67. The van der Waals surface area contributed by atoms with Gasteiger partial charge in [-0.1, -0.05) is 31.4 Å². The second-order valence-corrected chi connectivity index (χ2v) is 8.64. The van der Waals surface area contributed by atoms with Crippen molar-refractivity contribution in [3.8, 4) is 5.75 Å². The van der Waals surface area contributed by atoms with Gasteiger partial charge < -0.3 is 19.1 Å². The Balaban J connectivity index is 1.69. The molecule has 0 unspecified atom stereocenters. The van der Waals surface area contributed by atoms with Crippen LogP contribution >= 0.6 is 0 Å². The zero-order chi connectivity index (χ0) is 19.7. The number of carbonyl (C=O) groups excluding carboxylic acids is 1. The molecule has 1 saturated carbocycles. The number of ether oxygens (including phenoxy) is 1. The molecule has 1 saturated heterocycles. The second-order valence-electron chi connectivity index (χ2n) is 8.64. The monoisotopic (exact) mass is 383 g/mol. The number of amides is 1. The molecule has 1 aromatic heterocycles. The minimum Gasteiger partial charge on any atom is -0.495 e. The molecule has 0 bridgehead atoms. The lowest BCUT2D eigenvalue weighted by Gasteiger charge is -2.37. The number of piperazine rings is 1. The molecular formula is C23H33N3O2. The maximum absolute atomic E-state index is 13.4. The Bertz CT molecular complexity index is 838. The van der Waals surface area contributed by atoms with Crippen LogP contribution in [0.5, 0.6) is 5.75 Å². The van der Waals surface area contributed by atoms with E-state index >= 15 is 0 Å². The van der Waals surface area contributed by atoms with Crippen LogP contribution in [0.1, 0.15) is 49.4 Å². The average molecular weight is 384 g/mol. The number of methoxy groups -OCH3 is 1. The molecule has 1 aliphatic carbocycles. The van der Waals surface area contributed by atoms with Gasteiger partial charge >= 0.3 is 0 Å². The number of nitrogens with zero attached hydrogens (tertiary/aromatic N) is 3. The molecule has 5 heteroatoms. The molecule has 152 valence electrons. The number of para-hydroxylation sites is 1. The van der Waals surface area contributed by atoms with E-state index in [9.17, 15) is 4.79 Å². The van der Waals surface area contributed by atoms with Gasteiger partial charge in [-0.25, -0.2) is 0 Å². The zero-order valence-electron chi connectivity index (χ0n) is 17.5. The zero-order valence-corrected chi connectivity index (χ0v) is 17.5. The largest absolute Gasteiger partial charge is 0.495 e. The Labute approximate surface area is 168 Å². The summed E-state index contributed by atoms with van der Waals surface area (Å²) in [5, 5.41) is 1.02. The van der Waals surface area contributed by atoms with E-state index in [0.717, 1.165) is 48.4 Å². The maximum atomic E-state index is 13.4. The Kier molecular flexibility index (Phi) is 5.63. The summed E-state index contributed by atoms with van der Waals surface area (Å²) in [6, 6.07) is 6.46. The molecule has 2 aliphatic rings. The standard InChI is InChI=1S/C23H33N3O2/c1-17-14-25(13-12-24(17)2)23(27)20-16-26(15-18-8-5-4-6-9-18)22-19(20)10-7-11-21(22)28-3/h7,10-11,16-18H,4-6,8-9,12-15H2,1-3H3/t17-/m1/s1. The predicted octanol–water partition coefficient (Wildman–Crippen LogP) is 4.01. The van der Waals surface area contributed by atoms with Gasteiger partial charge in [-0.2, -0.15) is 0 Å². The second kappa shape index (κ2) is 8.16. The van der Waals surface area contributed by atoms with Gasteiger partial charge in [0, 0.05) is 43.8 Å². The van der Waals surface area contributed by atoms with Crippen LogP contribution < -0.4 is 4.74 Å². The Morgan fingerprint density at radius 3 is 2.68 bits per heavy atom. The summed E-state index contributed by atoms with van der Waals surface area (Å²) in [5.74, 6) is 1.71. The van der Waals surface area contributed by atoms with Crippen LogP contribution in [0.4, 0.5) is 0 Å². The van der Waals surface area contributed by atoms with Gasteiger partial charge in [0.2, 0.25) is 0 Å². The van der Waals surface area contributed by atoms with Gasteiger partial charge in [-0.15, -0.1) is 0 Å². The quantitative estimate of drug-likeness (QED) is 0.801. The molecule has 1 aromatic carbocycles. The molecule has 1 aliphatic heterocycles. The number of benzene rings is 1. The van der Waals surface area contributed by atoms with E-state index in [1.165, 1.54) is 32.1 Å². The van der Waals surface area contributed by atoms with Gasteiger partial charge in [0.15, 0.2) is 0 Å². The summed E-state index contributed by atoms with van der Waals surface area (Å²) in [4.78, 5) is 17.8. The van der Waals surface area contributed by atoms with E-state index in [0.29, 0.717) is 12.0 Å². The number of rotatable bonds is 4. The summed E-state index contributed by atoms with van der Waals surface area (Å²) in [7, 11) is 3.85. The highest BCUT2D eigenvalue weighted by Gasteiger charge is 2.28. The summed E-state index contributed by atoms with van der Waals surface area (Å²) < 4.78 is 7.96. The molecule has 0 spiro atoms. The van der Waals surface area contributed by atoms with Gasteiger partial charge in [0.1, 0.15) is 5.75 Å². The van der Waals surface area contributed by atoms with E-state index in [1.807, 2.05) is 17.0 Å². The molecule has 1 amide bonds. The van der Waals surface area contributed by atoms with Crippen LogP contribution in [-0.2, 0) is 6.54 Å². The third-order valence-electron chi connectivity index (χ3n) is 6.74. The number of fused-ring (bicyclic) bond motifs is 1. The van der Waals surface area contributed by atoms with Crippen molar-refractivity contribution in [2.75, 3.05) is 33.8 Å². The maximum Gasteiger partial charge on any atom is 0.256 e. The van der Waals surface area contributed by atoms with Crippen LogP contribution in [-0.4, -0.2) is 60.1 Å². The fourth-order valence-corrected chi connectivity index (χ4v) is 4.86. The van der Waals surface area contributed by atoms with Gasteiger partial charge in [-0.05, 0) is 38.8 Å². The average Bonchev–Trinajstić information content (AvgIpc) is 3.09. The molecule has 0 N–H and O–H groups in total. The highest BCUT2D eigenvalue weighted by Crippen LogP contribution is 2.33. The van der Waals surface area contributed by atoms with Crippen LogP contribution in [0.3, 0.4) is 0 Å². The minimum atomic E-state index is 0.153. The first kappa shape index (κ1) is 19.3. The van der Waals surface area contributed by atoms with Crippen molar-refractivity contribution in [2.45, 2.75) is 51.6 Å². The number of hydrogen-bond donors (Lipinski definition) is 0. The van der Waals surface area contributed by atoms with Crippen LogP contribution in [0.15, 0.2) is 24.4 Å². The summed E-state index contributed by atoms with van der Waals surface area (Å²) in [6.45, 7) is 5.67. The first-order chi connectivity index (χ1) is 13.6. The van der Waals surface area contributed by atoms with E-state index < -0.39 is 0 Å². The van der Waals surface area contributed by atoms with Crippen molar-refractivity contribution in [3.63, 3.8) is 0 Å². The predicted molar refractivity (Wildman–Crippen MR) is 113 cm³/mol. The van der Waals surface area contributed by atoms with Crippen molar-refractivity contribution in [1.82, 2.24) is 14.4 Å². The first-order valence-electron chi connectivity index (χ1n) is 10.7.